The second-order valence-corrected chi connectivity index (χ2v) is 4.27. The molecule has 6 nitrogen and oxygen atoms in total. The zero-order chi connectivity index (χ0) is 12.4. The highest BCUT2D eigenvalue weighted by molar-refractivity contribution is 6.36. The lowest BCUT2D eigenvalue weighted by atomic mass is 9.86. The Morgan fingerprint density at radius 1 is 1.65 bits per heavy atom. The first kappa shape index (κ1) is 12.2. The third-order valence-electron chi connectivity index (χ3n) is 3.18. The van der Waals surface area contributed by atoms with Crippen LogP contribution in [0.25, 0.3) is 0 Å². The van der Waals surface area contributed by atoms with Crippen molar-refractivity contribution in [2.45, 2.75) is 38.9 Å². The predicted octanol–water partition coefficient (Wildman–Crippen LogP) is 0.630. The second kappa shape index (κ2) is 4.91. The Labute approximate surface area is 99.7 Å². The predicted molar refractivity (Wildman–Crippen MR) is 58.3 cm³/mol. The first-order chi connectivity index (χ1) is 8.15. The van der Waals surface area contributed by atoms with E-state index in [9.17, 15) is 10.0 Å². The van der Waals surface area contributed by atoms with Crippen LogP contribution < -0.4 is 0 Å². The lowest BCUT2D eigenvalue weighted by Gasteiger charge is -2.38. The lowest BCUT2D eigenvalue weighted by molar-refractivity contribution is -0.761. The molecule has 2 aliphatic rings. The fourth-order valence-corrected chi connectivity index (χ4v) is 2.35. The summed E-state index contributed by atoms with van der Waals surface area (Å²) in [5, 5.41) is 11.7. The van der Waals surface area contributed by atoms with Gasteiger partial charge in [-0.3, -0.25) is 5.21 Å². The number of esters is 1. The van der Waals surface area contributed by atoms with E-state index in [2.05, 4.69) is 0 Å². The molecule has 17 heavy (non-hydrogen) atoms. The number of carbonyl (C=O) groups is 1. The van der Waals surface area contributed by atoms with E-state index in [1.165, 1.54) is 0 Å². The molecule has 0 aromatic heterocycles. The zero-order valence-electron chi connectivity index (χ0n) is 10.0. The quantitative estimate of drug-likeness (QED) is 0.525. The van der Waals surface area contributed by atoms with Crippen LogP contribution in [0.5, 0.6) is 0 Å². The minimum absolute atomic E-state index is 0.0494. The van der Waals surface area contributed by atoms with Crippen molar-refractivity contribution in [3.05, 3.63) is 5.21 Å². The van der Waals surface area contributed by atoms with E-state index in [4.69, 9.17) is 14.3 Å². The van der Waals surface area contributed by atoms with Crippen LogP contribution in [0.4, 0.5) is 0 Å². The van der Waals surface area contributed by atoms with E-state index >= 15 is 0 Å². The third-order valence-corrected chi connectivity index (χ3v) is 3.18. The number of rotatable bonds is 2. The van der Waals surface area contributed by atoms with Crippen LogP contribution in [0.3, 0.4) is 0 Å². The molecule has 0 unspecified atom stereocenters. The highest BCUT2D eigenvalue weighted by Crippen LogP contribution is 2.30. The van der Waals surface area contributed by atoms with E-state index in [0.29, 0.717) is 6.61 Å². The maximum Gasteiger partial charge on any atom is 0.408 e. The van der Waals surface area contributed by atoms with Crippen molar-refractivity contribution >= 4 is 11.7 Å². The van der Waals surface area contributed by atoms with Gasteiger partial charge in [0.15, 0.2) is 6.10 Å². The number of nitrogens with zero attached hydrogens (tertiary/aromatic N) is 1. The highest BCUT2D eigenvalue weighted by atomic mass is 16.9. The molecule has 0 radical (unpaired) electrons. The van der Waals surface area contributed by atoms with Crippen LogP contribution in [0.2, 0.25) is 0 Å². The molecule has 0 saturated carbocycles. The maximum absolute atomic E-state index is 11.7. The highest BCUT2D eigenvalue weighted by Gasteiger charge is 2.47. The topological polar surface area (TPSA) is 70.8 Å². The van der Waals surface area contributed by atoms with Gasteiger partial charge in [0.1, 0.15) is 0 Å². The molecule has 0 aromatic carbocycles. The van der Waals surface area contributed by atoms with Crippen LogP contribution >= 0.6 is 0 Å². The van der Waals surface area contributed by atoms with Crippen molar-refractivity contribution in [2.75, 3.05) is 13.2 Å². The van der Waals surface area contributed by atoms with Crippen molar-refractivity contribution < 1.29 is 24.0 Å². The summed E-state index contributed by atoms with van der Waals surface area (Å²) >= 11 is 0. The molecule has 2 aliphatic heterocycles. The zero-order valence-corrected chi connectivity index (χ0v) is 10.0. The molecular formula is C11H17NO5. The third kappa shape index (κ3) is 2.22. The first-order valence-electron chi connectivity index (χ1n) is 5.94. The average molecular weight is 243 g/mol. The molecule has 3 atom stereocenters. The summed E-state index contributed by atoms with van der Waals surface area (Å²) in [5.74, 6) is -0.598. The van der Waals surface area contributed by atoms with E-state index in [1.807, 2.05) is 6.92 Å². The normalized spacial score (nSPS) is 32.7. The van der Waals surface area contributed by atoms with Crippen molar-refractivity contribution in [3.8, 4) is 0 Å². The summed E-state index contributed by atoms with van der Waals surface area (Å²) in [6.45, 7) is 4.30. The minimum Gasteiger partial charge on any atom is -0.458 e. The monoisotopic (exact) mass is 243 g/mol. The Balaban J connectivity index is 2.26. The minimum atomic E-state index is -0.647. The first-order valence-corrected chi connectivity index (χ1v) is 5.94. The summed E-state index contributed by atoms with van der Waals surface area (Å²) in [6.07, 6.45) is 1.08. The van der Waals surface area contributed by atoms with E-state index in [-0.39, 0.29) is 29.2 Å². The Bertz CT molecular complexity index is 341. The van der Waals surface area contributed by atoms with Crippen molar-refractivity contribution in [3.63, 3.8) is 0 Å². The number of carbonyl (C=O) groups excluding carboxylic acids is 1. The van der Waals surface area contributed by atoms with Crippen LogP contribution in [0, 0.1) is 11.1 Å². The Hall–Kier alpha value is -1.30. The van der Waals surface area contributed by atoms with Gasteiger partial charge >= 0.3 is 11.7 Å². The van der Waals surface area contributed by atoms with Crippen molar-refractivity contribution in [2.24, 2.45) is 5.92 Å². The van der Waals surface area contributed by atoms with Gasteiger partial charge in [-0.1, -0.05) is 0 Å². The Morgan fingerprint density at radius 2 is 2.41 bits per heavy atom. The number of ether oxygens (including phenoxy) is 2. The Morgan fingerprint density at radius 3 is 3.12 bits per heavy atom. The number of hydrogen-bond acceptors (Lipinski definition) is 5. The summed E-state index contributed by atoms with van der Waals surface area (Å²) in [7, 11) is 0. The Kier molecular flexibility index (Phi) is 3.51. The maximum atomic E-state index is 11.7. The molecule has 1 saturated heterocycles. The van der Waals surface area contributed by atoms with Gasteiger partial charge in [-0.15, -0.1) is 0 Å². The molecule has 1 fully saturated rings. The SMILES string of the molecule is CCOC(=O)C1=[N+]([O-])O[C@@H](C)[C@H]2CCCO[C@H]12. The van der Waals surface area contributed by atoms with Gasteiger partial charge < -0.3 is 14.3 Å². The van der Waals surface area contributed by atoms with E-state index in [0.717, 1.165) is 12.8 Å². The summed E-state index contributed by atoms with van der Waals surface area (Å²) in [5.41, 5.74) is -0.0605. The largest absolute Gasteiger partial charge is 0.458 e. The fourth-order valence-electron chi connectivity index (χ4n) is 2.35. The van der Waals surface area contributed by atoms with Gasteiger partial charge in [-0.25, -0.2) is 4.79 Å². The average Bonchev–Trinajstić information content (AvgIpc) is 2.29. The molecule has 2 rings (SSSR count). The van der Waals surface area contributed by atoms with Gasteiger partial charge in [0.2, 0.25) is 0 Å². The smallest absolute Gasteiger partial charge is 0.408 e. The van der Waals surface area contributed by atoms with Gasteiger partial charge in [0.25, 0.3) is 0 Å². The summed E-state index contributed by atoms with van der Waals surface area (Å²) in [4.78, 5) is 17.1. The molecule has 0 amide bonds. The van der Waals surface area contributed by atoms with E-state index in [1.54, 1.807) is 6.92 Å². The van der Waals surface area contributed by atoms with Crippen molar-refractivity contribution in [1.82, 2.24) is 0 Å². The molecule has 0 aromatic rings. The van der Waals surface area contributed by atoms with Gasteiger partial charge in [-0.05, 0) is 26.7 Å². The second-order valence-electron chi connectivity index (χ2n) is 4.27. The molecule has 0 spiro atoms. The number of fused-ring (bicyclic) bond motifs is 1. The van der Waals surface area contributed by atoms with Crippen LogP contribution in [-0.2, 0) is 19.1 Å². The molecule has 0 bridgehead atoms. The van der Waals surface area contributed by atoms with Gasteiger partial charge in [0.05, 0.1) is 17.6 Å². The van der Waals surface area contributed by atoms with Crippen LogP contribution in [0.1, 0.15) is 26.7 Å². The van der Waals surface area contributed by atoms with Gasteiger partial charge in [0, 0.05) is 12.5 Å². The lowest BCUT2D eigenvalue weighted by Crippen LogP contribution is -2.53. The molecule has 96 valence electrons. The van der Waals surface area contributed by atoms with Gasteiger partial charge in [-0.2, -0.15) is 0 Å². The van der Waals surface area contributed by atoms with E-state index < -0.39 is 12.1 Å². The van der Waals surface area contributed by atoms with Crippen molar-refractivity contribution in [1.29, 1.82) is 0 Å². The molecular weight excluding hydrogens is 226 g/mol. The molecule has 0 N–H and O–H groups in total. The summed E-state index contributed by atoms with van der Waals surface area (Å²) in [6, 6.07) is 0. The molecule has 2 heterocycles. The molecule has 6 heteroatoms. The fraction of sp³-hybridized carbons (Fsp3) is 0.818. The van der Waals surface area contributed by atoms with Crippen LogP contribution in [0.15, 0.2) is 0 Å². The summed E-state index contributed by atoms with van der Waals surface area (Å²) < 4.78 is 10.4. The standard InChI is InChI=1S/C11H17NO5/c1-3-15-11(13)9-10-8(5-4-6-16-10)7(2)17-12(9)14/h7-8,10H,3-6H2,1-2H3/t7-,8+,10-/m0/s1. The molecule has 0 aliphatic carbocycles. The van der Waals surface area contributed by atoms with Crippen LogP contribution in [-0.4, -0.2) is 42.0 Å². The number of hydrogen-bond donors (Lipinski definition) is 0.